The summed E-state index contributed by atoms with van der Waals surface area (Å²) in [5, 5.41) is 3.38. The molecule has 0 heterocycles. The Labute approximate surface area is 200 Å². The molecule has 170 valence electrons. The lowest BCUT2D eigenvalue weighted by Gasteiger charge is -2.17. The zero-order valence-electron chi connectivity index (χ0n) is 20.9. The normalized spacial score (nSPS) is 9.64. The van der Waals surface area contributed by atoms with Crippen LogP contribution in [0.3, 0.4) is 0 Å². The lowest BCUT2D eigenvalue weighted by atomic mass is 9.92. The van der Waals surface area contributed by atoms with Gasteiger partial charge >= 0.3 is 0 Å². The molecule has 0 bridgehead atoms. The predicted octanol–water partition coefficient (Wildman–Crippen LogP) is 9.34. The predicted molar refractivity (Wildman–Crippen MR) is 149 cm³/mol. The molecule has 0 atom stereocenters. The van der Waals surface area contributed by atoms with Crippen LogP contribution in [-0.2, 0) is 0 Å². The first-order chi connectivity index (χ1) is 16.0. The van der Waals surface area contributed by atoms with Gasteiger partial charge in [-0.05, 0) is 37.5 Å². The number of hydrogen-bond acceptors (Lipinski definition) is 1. The van der Waals surface area contributed by atoms with E-state index in [0.717, 1.165) is 11.3 Å². The smallest absolute Gasteiger partial charge is 0.0496 e. The first-order valence-electron chi connectivity index (χ1n) is 11.7. The van der Waals surface area contributed by atoms with Crippen molar-refractivity contribution in [2.24, 2.45) is 0 Å². The quantitative estimate of drug-likeness (QED) is 0.337. The highest BCUT2D eigenvalue weighted by Crippen LogP contribution is 2.38. The average molecular weight is 436 g/mol. The lowest BCUT2D eigenvalue weighted by Crippen LogP contribution is -1.98. The van der Waals surface area contributed by atoms with Crippen LogP contribution in [0.2, 0.25) is 0 Å². The molecule has 0 saturated heterocycles. The summed E-state index contributed by atoms with van der Waals surface area (Å²) < 4.78 is 0. The van der Waals surface area contributed by atoms with Crippen LogP contribution in [-0.4, -0.2) is 7.05 Å². The molecule has 0 aliphatic rings. The number of rotatable bonds is 4. The molecule has 4 rings (SSSR count). The monoisotopic (exact) mass is 435 g/mol. The van der Waals surface area contributed by atoms with Crippen molar-refractivity contribution in [3.8, 4) is 22.3 Å². The van der Waals surface area contributed by atoms with E-state index >= 15 is 0 Å². The highest BCUT2D eigenvalue weighted by atomic mass is 14.8. The van der Waals surface area contributed by atoms with Crippen molar-refractivity contribution in [3.63, 3.8) is 0 Å². The van der Waals surface area contributed by atoms with Crippen LogP contribution >= 0.6 is 0 Å². The fraction of sp³-hybridized carbons (Fsp3) is 0.188. The molecule has 0 radical (unpaired) electrons. The Morgan fingerprint density at radius 1 is 0.576 bits per heavy atom. The number of anilines is 1. The third-order valence-electron chi connectivity index (χ3n) is 5.37. The van der Waals surface area contributed by atoms with Gasteiger partial charge in [0.15, 0.2) is 0 Å². The van der Waals surface area contributed by atoms with Crippen molar-refractivity contribution >= 4 is 11.8 Å². The van der Waals surface area contributed by atoms with E-state index in [1.54, 1.807) is 0 Å². The van der Waals surface area contributed by atoms with Gasteiger partial charge in [-0.3, -0.25) is 0 Å². The maximum atomic E-state index is 4.05. The number of hydrogen-bond donors (Lipinski definition) is 1. The van der Waals surface area contributed by atoms with Gasteiger partial charge < -0.3 is 5.32 Å². The first kappa shape index (κ1) is 25.7. The van der Waals surface area contributed by atoms with Gasteiger partial charge in [0.1, 0.15) is 0 Å². The van der Waals surface area contributed by atoms with E-state index in [0.29, 0.717) is 0 Å². The molecule has 0 aliphatic heterocycles. The molecule has 1 N–H and O–H groups in total. The maximum Gasteiger partial charge on any atom is 0.0496 e. The van der Waals surface area contributed by atoms with Gasteiger partial charge in [-0.2, -0.15) is 0 Å². The molecule has 4 aromatic rings. The molecular formula is C32H37N. The topological polar surface area (TPSA) is 12.0 Å². The Morgan fingerprint density at radius 2 is 1.00 bits per heavy atom. The molecule has 1 nitrogen and oxygen atoms in total. The summed E-state index contributed by atoms with van der Waals surface area (Å²) in [7, 11) is 1.97. The summed E-state index contributed by atoms with van der Waals surface area (Å²) in [6, 6.07) is 31.9. The maximum absolute atomic E-state index is 4.05. The van der Waals surface area contributed by atoms with Gasteiger partial charge in [0.25, 0.3) is 0 Å². The van der Waals surface area contributed by atoms with Crippen LogP contribution in [0.5, 0.6) is 0 Å². The average Bonchev–Trinajstić information content (AvgIpc) is 2.86. The van der Waals surface area contributed by atoms with Gasteiger partial charge in [-0.15, -0.1) is 0 Å². The number of aryl methyl sites for hydroxylation is 3. The fourth-order valence-corrected chi connectivity index (χ4v) is 3.59. The van der Waals surface area contributed by atoms with E-state index in [1.165, 1.54) is 38.9 Å². The van der Waals surface area contributed by atoms with Crippen LogP contribution < -0.4 is 5.32 Å². The third-order valence-corrected chi connectivity index (χ3v) is 5.37. The number of benzene rings is 4. The summed E-state index contributed by atoms with van der Waals surface area (Å²) in [5.41, 5.74) is 10.9. The molecule has 0 unspecified atom stereocenters. The molecule has 0 spiro atoms. The minimum Gasteiger partial charge on any atom is -0.387 e. The van der Waals surface area contributed by atoms with Crippen molar-refractivity contribution in [2.75, 3.05) is 12.4 Å². The van der Waals surface area contributed by atoms with Gasteiger partial charge in [0.2, 0.25) is 0 Å². The standard InChI is InChI=1S/C23H23N.C7H8.C2H6/c1-5-20-21(18-10-6-16(2)7-11-18)14-15-22(23(20)24-4)19-12-8-17(3)9-13-19;1-7-5-3-2-4-6-7;1-2/h5-15,24H,1H2,2-4H3;2-6H,1H3;1-2H3. The molecule has 0 amide bonds. The summed E-state index contributed by atoms with van der Waals surface area (Å²) in [6.07, 6.45) is 1.94. The zero-order chi connectivity index (χ0) is 24.2. The van der Waals surface area contributed by atoms with Crippen molar-refractivity contribution < 1.29 is 0 Å². The second-order valence-electron chi connectivity index (χ2n) is 7.79. The van der Waals surface area contributed by atoms with Gasteiger partial charge in [-0.25, -0.2) is 0 Å². The van der Waals surface area contributed by atoms with Gasteiger partial charge in [0, 0.05) is 23.9 Å². The highest BCUT2D eigenvalue weighted by molar-refractivity contribution is 5.92. The molecule has 0 fully saturated rings. The van der Waals surface area contributed by atoms with Crippen molar-refractivity contribution in [3.05, 3.63) is 120 Å². The second-order valence-corrected chi connectivity index (χ2v) is 7.79. The van der Waals surface area contributed by atoms with Crippen LogP contribution in [0.15, 0.2) is 97.6 Å². The highest BCUT2D eigenvalue weighted by Gasteiger charge is 2.13. The van der Waals surface area contributed by atoms with E-state index in [9.17, 15) is 0 Å². The largest absolute Gasteiger partial charge is 0.387 e. The van der Waals surface area contributed by atoms with E-state index in [-0.39, 0.29) is 0 Å². The summed E-state index contributed by atoms with van der Waals surface area (Å²) in [5.74, 6) is 0. The van der Waals surface area contributed by atoms with E-state index in [2.05, 4.69) is 105 Å². The van der Waals surface area contributed by atoms with Crippen LogP contribution in [0, 0.1) is 20.8 Å². The van der Waals surface area contributed by atoms with E-state index in [4.69, 9.17) is 0 Å². The SMILES string of the molecule is C=Cc1c(-c2ccc(C)cc2)ccc(-c2ccc(C)cc2)c1NC.CC.Cc1ccccc1. The molecule has 0 aromatic heterocycles. The first-order valence-corrected chi connectivity index (χ1v) is 11.7. The van der Waals surface area contributed by atoms with Crippen molar-refractivity contribution in [2.45, 2.75) is 34.6 Å². The Hall–Kier alpha value is -3.58. The number of nitrogens with one attached hydrogen (secondary N) is 1. The molecule has 33 heavy (non-hydrogen) atoms. The van der Waals surface area contributed by atoms with Crippen molar-refractivity contribution in [1.29, 1.82) is 0 Å². The Morgan fingerprint density at radius 3 is 1.39 bits per heavy atom. The summed E-state index contributed by atoms with van der Waals surface area (Å²) >= 11 is 0. The molecule has 4 aromatic carbocycles. The second kappa shape index (κ2) is 13.1. The Kier molecular flexibility index (Phi) is 10.2. The summed E-state index contributed by atoms with van der Waals surface area (Å²) in [6.45, 7) is 14.4. The molecular weight excluding hydrogens is 398 g/mol. The minimum atomic E-state index is 1.12. The minimum absolute atomic E-state index is 1.12. The van der Waals surface area contributed by atoms with E-state index in [1.807, 2.05) is 45.2 Å². The van der Waals surface area contributed by atoms with E-state index < -0.39 is 0 Å². The van der Waals surface area contributed by atoms with Gasteiger partial charge in [-0.1, -0.05) is 134 Å². The summed E-state index contributed by atoms with van der Waals surface area (Å²) in [4.78, 5) is 0. The van der Waals surface area contributed by atoms with Crippen molar-refractivity contribution in [1.82, 2.24) is 0 Å². The third kappa shape index (κ3) is 6.95. The van der Waals surface area contributed by atoms with Crippen LogP contribution in [0.25, 0.3) is 28.3 Å². The zero-order valence-corrected chi connectivity index (χ0v) is 20.9. The van der Waals surface area contributed by atoms with Gasteiger partial charge in [0.05, 0.1) is 0 Å². The lowest BCUT2D eigenvalue weighted by molar-refractivity contribution is 1.44. The molecule has 0 saturated carbocycles. The molecule has 1 heteroatoms. The fourth-order valence-electron chi connectivity index (χ4n) is 3.59. The Balaban J connectivity index is 0.000000362. The molecule has 0 aliphatic carbocycles. The van der Waals surface area contributed by atoms with Crippen LogP contribution in [0.4, 0.5) is 5.69 Å². The Bertz CT molecular complexity index is 1120. The van der Waals surface area contributed by atoms with Crippen LogP contribution in [0.1, 0.15) is 36.1 Å².